The predicted octanol–water partition coefficient (Wildman–Crippen LogP) is 2.98. The highest BCUT2D eigenvalue weighted by molar-refractivity contribution is 5.68. The van der Waals surface area contributed by atoms with Gasteiger partial charge in [-0.1, -0.05) is 12.2 Å². The van der Waals surface area contributed by atoms with Gasteiger partial charge < -0.3 is 14.4 Å². The van der Waals surface area contributed by atoms with Crippen LogP contribution in [0.4, 0.5) is 4.79 Å². The Balaban J connectivity index is 2.49. The van der Waals surface area contributed by atoms with Crippen molar-refractivity contribution in [1.82, 2.24) is 4.90 Å². The molecule has 1 aliphatic heterocycles. The van der Waals surface area contributed by atoms with E-state index in [1.807, 2.05) is 34.6 Å². The van der Waals surface area contributed by atoms with Crippen molar-refractivity contribution in [2.45, 2.75) is 52.2 Å². The molecule has 0 aliphatic carbocycles. The van der Waals surface area contributed by atoms with E-state index in [4.69, 9.17) is 9.47 Å². The monoisotopic (exact) mass is 255 g/mol. The molecule has 1 fully saturated rings. The Kier molecular flexibility index (Phi) is 4.43. The lowest BCUT2D eigenvalue weighted by Crippen LogP contribution is -2.39. The fourth-order valence-corrected chi connectivity index (χ4v) is 1.83. The molecule has 0 bridgehead atoms. The lowest BCUT2D eigenvalue weighted by molar-refractivity contribution is -0.0165. The molecule has 1 rings (SSSR count). The zero-order valence-corrected chi connectivity index (χ0v) is 12.2. The van der Waals surface area contributed by atoms with Gasteiger partial charge in [-0.2, -0.15) is 0 Å². The molecule has 1 saturated heterocycles. The van der Waals surface area contributed by atoms with E-state index in [0.29, 0.717) is 19.7 Å². The van der Waals surface area contributed by atoms with Crippen molar-refractivity contribution in [3.8, 4) is 0 Å². The van der Waals surface area contributed by atoms with Gasteiger partial charge in [0.05, 0.1) is 18.8 Å². The normalized spacial score (nSPS) is 24.2. The number of hydrogen-bond acceptors (Lipinski definition) is 3. The largest absolute Gasteiger partial charge is 0.444 e. The van der Waals surface area contributed by atoms with Gasteiger partial charge in [0.2, 0.25) is 0 Å². The van der Waals surface area contributed by atoms with Crippen LogP contribution in [0.1, 0.15) is 41.0 Å². The first-order valence-corrected chi connectivity index (χ1v) is 6.38. The number of nitrogens with zero attached hydrogens (tertiary/aromatic N) is 1. The highest BCUT2D eigenvalue weighted by Crippen LogP contribution is 2.26. The van der Waals surface area contributed by atoms with Crippen LogP contribution < -0.4 is 0 Å². The highest BCUT2D eigenvalue weighted by atomic mass is 16.6. The zero-order chi connectivity index (χ0) is 14.0. The second-order valence-electron chi connectivity index (χ2n) is 6.35. The Labute approximate surface area is 110 Å². The number of ether oxygens (including phenoxy) is 2. The lowest BCUT2D eigenvalue weighted by atomic mass is 10.1. The molecular weight excluding hydrogens is 230 g/mol. The quantitative estimate of drug-likeness (QED) is 0.728. The van der Waals surface area contributed by atoms with Crippen molar-refractivity contribution in [1.29, 1.82) is 0 Å². The third kappa shape index (κ3) is 4.69. The number of carbonyl (C=O) groups is 1. The van der Waals surface area contributed by atoms with Crippen molar-refractivity contribution >= 4 is 6.09 Å². The van der Waals surface area contributed by atoms with Crippen LogP contribution in [-0.4, -0.2) is 41.9 Å². The lowest BCUT2D eigenvalue weighted by Gasteiger charge is -2.27. The summed E-state index contributed by atoms with van der Waals surface area (Å²) in [6.45, 7) is 15.2. The van der Waals surface area contributed by atoms with Gasteiger partial charge in [0.25, 0.3) is 0 Å². The highest BCUT2D eigenvalue weighted by Gasteiger charge is 2.38. The minimum absolute atomic E-state index is 0.259. The van der Waals surface area contributed by atoms with E-state index in [1.165, 1.54) is 0 Å². The second kappa shape index (κ2) is 5.31. The molecule has 1 heterocycles. The van der Waals surface area contributed by atoms with Gasteiger partial charge in [0.15, 0.2) is 0 Å². The summed E-state index contributed by atoms with van der Waals surface area (Å²) in [6, 6.07) is 0. The maximum absolute atomic E-state index is 11.9. The summed E-state index contributed by atoms with van der Waals surface area (Å²) in [5.41, 5.74) is 0.261. The van der Waals surface area contributed by atoms with Gasteiger partial charge in [-0.05, 0) is 41.0 Å². The summed E-state index contributed by atoms with van der Waals surface area (Å²) in [5, 5.41) is 0. The van der Waals surface area contributed by atoms with Gasteiger partial charge in [-0.25, -0.2) is 4.79 Å². The first kappa shape index (κ1) is 15.0. The molecule has 0 spiro atoms. The molecule has 0 saturated carbocycles. The Morgan fingerprint density at radius 1 is 1.44 bits per heavy atom. The Hall–Kier alpha value is -1.03. The topological polar surface area (TPSA) is 38.8 Å². The molecule has 104 valence electrons. The average molecular weight is 255 g/mol. The summed E-state index contributed by atoms with van der Waals surface area (Å²) < 4.78 is 11.2. The van der Waals surface area contributed by atoms with Crippen LogP contribution in [0.15, 0.2) is 12.2 Å². The van der Waals surface area contributed by atoms with E-state index in [2.05, 4.69) is 6.58 Å². The van der Waals surface area contributed by atoms with Crippen LogP contribution >= 0.6 is 0 Å². The number of rotatable bonds is 3. The fourth-order valence-electron chi connectivity index (χ4n) is 1.83. The molecule has 1 unspecified atom stereocenters. The number of amides is 1. The number of likely N-dealkylation sites (tertiary alicyclic amines) is 1. The molecule has 1 atom stereocenters. The Bertz CT molecular complexity index is 332. The standard InChI is InChI=1S/C14H25NO3/c1-11(2)9-17-14(6)7-8-15(10-14)12(16)18-13(3,4)5/h1,7-10H2,2-6H3. The smallest absolute Gasteiger partial charge is 0.410 e. The summed E-state index contributed by atoms with van der Waals surface area (Å²) in [4.78, 5) is 13.6. The SMILES string of the molecule is C=C(C)COC1(C)CCN(C(=O)OC(C)(C)C)C1. The van der Waals surface area contributed by atoms with Gasteiger partial charge in [-0.3, -0.25) is 0 Å². The predicted molar refractivity (Wildman–Crippen MR) is 71.6 cm³/mol. The molecule has 0 aromatic rings. The molecule has 4 nitrogen and oxygen atoms in total. The summed E-state index contributed by atoms with van der Waals surface area (Å²) in [6.07, 6.45) is 0.574. The molecular formula is C14H25NO3. The minimum atomic E-state index is -0.450. The van der Waals surface area contributed by atoms with E-state index >= 15 is 0 Å². The van der Waals surface area contributed by atoms with Crippen LogP contribution in [-0.2, 0) is 9.47 Å². The second-order valence-corrected chi connectivity index (χ2v) is 6.35. The molecule has 18 heavy (non-hydrogen) atoms. The van der Waals surface area contributed by atoms with Crippen molar-refractivity contribution in [2.75, 3.05) is 19.7 Å². The van der Waals surface area contributed by atoms with E-state index < -0.39 is 5.60 Å². The fraction of sp³-hybridized carbons (Fsp3) is 0.786. The number of hydrogen-bond donors (Lipinski definition) is 0. The average Bonchev–Trinajstić information content (AvgIpc) is 2.56. The van der Waals surface area contributed by atoms with E-state index in [1.54, 1.807) is 4.90 Å². The molecule has 0 N–H and O–H groups in total. The van der Waals surface area contributed by atoms with Crippen molar-refractivity contribution in [2.24, 2.45) is 0 Å². The van der Waals surface area contributed by atoms with Gasteiger partial charge >= 0.3 is 6.09 Å². The van der Waals surface area contributed by atoms with Crippen LogP contribution in [0.3, 0.4) is 0 Å². The zero-order valence-electron chi connectivity index (χ0n) is 12.2. The van der Waals surface area contributed by atoms with Crippen LogP contribution in [0, 0.1) is 0 Å². The van der Waals surface area contributed by atoms with Gasteiger partial charge in [-0.15, -0.1) is 0 Å². The molecule has 4 heteroatoms. The molecule has 0 aromatic heterocycles. The molecule has 0 radical (unpaired) electrons. The maximum Gasteiger partial charge on any atom is 0.410 e. The summed E-state index contributed by atoms with van der Waals surface area (Å²) in [5.74, 6) is 0. The Morgan fingerprint density at radius 2 is 2.06 bits per heavy atom. The minimum Gasteiger partial charge on any atom is -0.444 e. The Morgan fingerprint density at radius 3 is 2.56 bits per heavy atom. The van der Waals surface area contributed by atoms with Gasteiger partial charge in [0.1, 0.15) is 5.60 Å². The molecule has 1 amide bonds. The van der Waals surface area contributed by atoms with E-state index in [9.17, 15) is 4.79 Å². The maximum atomic E-state index is 11.9. The number of carbonyl (C=O) groups excluding carboxylic acids is 1. The van der Waals surface area contributed by atoms with Crippen LogP contribution in [0.25, 0.3) is 0 Å². The van der Waals surface area contributed by atoms with Crippen molar-refractivity contribution in [3.05, 3.63) is 12.2 Å². The van der Waals surface area contributed by atoms with E-state index in [-0.39, 0.29) is 11.7 Å². The first-order chi connectivity index (χ1) is 8.11. The van der Waals surface area contributed by atoms with E-state index in [0.717, 1.165) is 12.0 Å². The summed E-state index contributed by atoms with van der Waals surface area (Å²) >= 11 is 0. The van der Waals surface area contributed by atoms with Crippen molar-refractivity contribution in [3.63, 3.8) is 0 Å². The summed E-state index contributed by atoms with van der Waals surface area (Å²) in [7, 11) is 0. The third-order valence-electron chi connectivity index (χ3n) is 2.75. The third-order valence-corrected chi connectivity index (χ3v) is 2.75. The van der Waals surface area contributed by atoms with Gasteiger partial charge in [0, 0.05) is 6.54 Å². The van der Waals surface area contributed by atoms with Crippen LogP contribution in [0.5, 0.6) is 0 Å². The molecule has 0 aromatic carbocycles. The van der Waals surface area contributed by atoms with Crippen LogP contribution in [0.2, 0.25) is 0 Å². The first-order valence-electron chi connectivity index (χ1n) is 6.38. The molecule has 1 aliphatic rings. The van der Waals surface area contributed by atoms with Crippen molar-refractivity contribution < 1.29 is 14.3 Å².